The fourth-order valence-corrected chi connectivity index (χ4v) is 2.82. The number of ether oxygens (including phenoxy) is 1. The highest BCUT2D eigenvalue weighted by molar-refractivity contribution is 7.99. The SMILES string of the molecule is COCCC(C)(O)CNc1snc(N)c1SC. The van der Waals surface area contributed by atoms with E-state index in [-0.39, 0.29) is 0 Å². The second-order valence-electron chi connectivity index (χ2n) is 4.02. The average molecular weight is 277 g/mol. The minimum Gasteiger partial charge on any atom is -0.388 e. The number of anilines is 2. The Bertz CT molecular complexity index is 355. The lowest BCUT2D eigenvalue weighted by Gasteiger charge is -2.23. The summed E-state index contributed by atoms with van der Waals surface area (Å²) in [6, 6.07) is 0. The molecule has 0 aliphatic carbocycles. The van der Waals surface area contributed by atoms with E-state index in [9.17, 15) is 5.11 Å². The van der Waals surface area contributed by atoms with Crippen molar-refractivity contribution in [2.45, 2.75) is 23.8 Å². The van der Waals surface area contributed by atoms with Crippen LogP contribution in [0.25, 0.3) is 0 Å². The first-order valence-corrected chi connectivity index (χ1v) is 7.24. The second-order valence-corrected chi connectivity index (χ2v) is 5.61. The van der Waals surface area contributed by atoms with Crippen molar-refractivity contribution in [1.82, 2.24) is 4.37 Å². The van der Waals surface area contributed by atoms with Crippen LogP contribution in [-0.2, 0) is 4.74 Å². The largest absolute Gasteiger partial charge is 0.388 e. The lowest BCUT2D eigenvalue weighted by atomic mass is 10.0. The molecule has 1 heterocycles. The first kappa shape index (κ1) is 14.6. The number of nitrogens with zero attached hydrogens (tertiary/aromatic N) is 1. The molecule has 0 bridgehead atoms. The molecule has 0 amide bonds. The maximum absolute atomic E-state index is 10.1. The molecule has 0 fully saturated rings. The number of thioether (sulfide) groups is 1. The molecule has 5 nitrogen and oxygen atoms in total. The lowest BCUT2D eigenvalue weighted by Crippen LogP contribution is -2.34. The van der Waals surface area contributed by atoms with E-state index in [0.717, 1.165) is 9.90 Å². The van der Waals surface area contributed by atoms with E-state index in [1.807, 2.05) is 6.26 Å². The van der Waals surface area contributed by atoms with Crippen LogP contribution < -0.4 is 11.1 Å². The van der Waals surface area contributed by atoms with Gasteiger partial charge in [-0.2, -0.15) is 4.37 Å². The molecular weight excluding hydrogens is 258 g/mol. The first-order valence-electron chi connectivity index (χ1n) is 5.24. The Balaban J connectivity index is 2.54. The zero-order valence-corrected chi connectivity index (χ0v) is 12.0. The van der Waals surface area contributed by atoms with Crippen LogP contribution in [-0.4, -0.2) is 41.6 Å². The monoisotopic (exact) mass is 277 g/mol. The molecular formula is C10H19N3O2S2. The van der Waals surface area contributed by atoms with Crippen molar-refractivity contribution in [3.8, 4) is 0 Å². The molecule has 0 aromatic carbocycles. The number of nitrogen functional groups attached to an aromatic ring is 1. The summed E-state index contributed by atoms with van der Waals surface area (Å²) in [5.74, 6) is 0.543. The van der Waals surface area contributed by atoms with Crippen LogP contribution in [0.15, 0.2) is 4.90 Å². The van der Waals surface area contributed by atoms with Crippen molar-refractivity contribution in [3.05, 3.63) is 0 Å². The summed E-state index contributed by atoms with van der Waals surface area (Å²) >= 11 is 2.87. The van der Waals surface area contributed by atoms with Gasteiger partial charge in [0.05, 0.1) is 10.5 Å². The molecule has 0 saturated heterocycles. The van der Waals surface area contributed by atoms with Gasteiger partial charge in [0.1, 0.15) is 5.00 Å². The molecule has 0 spiro atoms. The quantitative estimate of drug-likeness (QED) is 0.658. The minimum absolute atomic E-state index is 0.450. The highest BCUT2D eigenvalue weighted by Gasteiger charge is 2.21. The zero-order chi connectivity index (χ0) is 12.9. The molecule has 0 aliphatic rings. The van der Waals surface area contributed by atoms with Crippen molar-refractivity contribution >= 4 is 34.1 Å². The van der Waals surface area contributed by atoms with Crippen LogP contribution in [0.2, 0.25) is 0 Å². The highest BCUT2D eigenvalue weighted by Crippen LogP contribution is 2.34. The van der Waals surface area contributed by atoms with Gasteiger partial charge < -0.3 is 20.9 Å². The van der Waals surface area contributed by atoms with Crippen molar-refractivity contribution in [1.29, 1.82) is 0 Å². The molecule has 1 unspecified atom stereocenters. The summed E-state index contributed by atoms with van der Waals surface area (Å²) in [6.45, 7) is 2.77. The van der Waals surface area contributed by atoms with E-state index in [2.05, 4.69) is 9.69 Å². The van der Waals surface area contributed by atoms with Crippen LogP contribution in [0.5, 0.6) is 0 Å². The van der Waals surface area contributed by atoms with Gasteiger partial charge in [0.2, 0.25) is 0 Å². The normalized spacial score (nSPS) is 14.6. The van der Waals surface area contributed by atoms with E-state index in [0.29, 0.717) is 25.4 Å². The number of methoxy groups -OCH3 is 1. The third kappa shape index (κ3) is 4.34. The van der Waals surface area contributed by atoms with Crippen LogP contribution >= 0.6 is 23.3 Å². The Morgan fingerprint density at radius 1 is 1.65 bits per heavy atom. The fraction of sp³-hybridized carbons (Fsp3) is 0.700. The molecule has 7 heteroatoms. The van der Waals surface area contributed by atoms with Gasteiger partial charge in [0.25, 0.3) is 0 Å². The average Bonchev–Trinajstić information content (AvgIpc) is 2.65. The van der Waals surface area contributed by atoms with Gasteiger partial charge in [-0.25, -0.2) is 0 Å². The summed E-state index contributed by atoms with van der Waals surface area (Å²) in [5, 5.41) is 14.2. The third-order valence-corrected chi connectivity index (χ3v) is 4.12. The number of aromatic nitrogens is 1. The zero-order valence-electron chi connectivity index (χ0n) is 10.3. The van der Waals surface area contributed by atoms with Crippen LogP contribution in [0, 0.1) is 0 Å². The Morgan fingerprint density at radius 3 is 2.94 bits per heavy atom. The van der Waals surface area contributed by atoms with Gasteiger partial charge in [0, 0.05) is 26.7 Å². The van der Waals surface area contributed by atoms with E-state index in [4.69, 9.17) is 10.5 Å². The van der Waals surface area contributed by atoms with E-state index in [1.165, 1.54) is 11.5 Å². The molecule has 1 rings (SSSR count). The number of hydrogen-bond acceptors (Lipinski definition) is 7. The van der Waals surface area contributed by atoms with Gasteiger partial charge in [-0.3, -0.25) is 0 Å². The summed E-state index contributed by atoms with van der Waals surface area (Å²) < 4.78 is 9.04. The van der Waals surface area contributed by atoms with Gasteiger partial charge in [0.15, 0.2) is 5.82 Å². The minimum atomic E-state index is -0.801. The van der Waals surface area contributed by atoms with Gasteiger partial charge in [-0.1, -0.05) is 0 Å². The Morgan fingerprint density at radius 2 is 2.35 bits per heavy atom. The molecule has 4 N–H and O–H groups in total. The maximum atomic E-state index is 10.1. The number of nitrogens with two attached hydrogens (primary N) is 1. The lowest BCUT2D eigenvalue weighted by molar-refractivity contribution is 0.0358. The van der Waals surface area contributed by atoms with Crippen molar-refractivity contribution in [2.75, 3.05) is 37.6 Å². The smallest absolute Gasteiger partial charge is 0.153 e. The van der Waals surface area contributed by atoms with Crippen LogP contribution in [0.1, 0.15) is 13.3 Å². The van der Waals surface area contributed by atoms with Gasteiger partial charge in [-0.15, -0.1) is 11.8 Å². The van der Waals surface area contributed by atoms with Crippen LogP contribution in [0.3, 0.4) is 0 Å². The summed E-state index contributed by atoms with van der Waals surface area (Å²) in [6.07, 6.45) is 2.54. The molecule has 98 valence electrons. The third-order valence-electron chi connectivity index (χ3n) is 2.35. The molecule has 17 heavy (non-hydrogen) atoms. The number of nitrogens with one attached hydrogen (secondary N) is 1. The predicted molar refractivity (Wildman–Crippen MR) is 73.9 cm³/mol. The molecule has 1 aromatic heterocycles. The van der Waals surface area contributed by atoms with Gasteiger partial charge >= 0.3 is 0 Å². The number of aliphatic hydroxyl groups is 1. The molecule has 0 saturated carbocycles. The standard InChI is InChI=1S/C10H19N3O2S2/c1-10(14,4-5-15-2)6-12-9-7(16-3)8(11)13-17-9/h12,14H,4-6H2,1-3H3,(H2,11,13). The van der Waals surface area contributed by atoms with Crippen molar-refractivity contribution < 1.29 is 9.84 Å². The topological polar surface area (TPSA) is 80.4 Å². The Kier molecular flexibility index (Phi) is 5.51. The van der Waals surface area contributed by atoms with Crippen LogP contribution in [0.4, 0.5) is 10.8 Å². The van der Waals surface area contributed by atoms with E-state index >= 15 is 0 Å². The Hall–Kier alpha value is -0.500. The van der Waals surface area contributed by atoms with Crippen molar-refractivity contribution in [3.63, 3.8) is 0 Å². The molecule has 0 radical (unpaired) electrons. The first-order chi connectivity index (χ1) is 8.00. The highest BCUT2D eigenvalue weighted by atomic mass is 32.2. The molecule has 1 aromatic rings. The summed E-state index contributed by atoms with van der Waals surface area (Å²) in [4.78, 5) is 0.942. The Labute approximate surface area is 110 Å². The molecule has 1 atom stereocenters. The van der Waals surface area contributed by atoms with Crippen molar-refractivity contribution in [2.24, 2.45) is 0 Å². The maximum Gasteiger partial charge on any atom is 0.153 e. The summed E-state index contributed by atoms with van der Waals surface area (Å²) in [7, 11) is 1.62. The predicted octanol–water partition coefficient (Wildman–Crippen LogP) is 1.65. The number of rotatable bonds is 7. The number of hydrogen-bond donors (Lipinski definition) is 3. The summed E-state index contributed by atoms with van der Waals surface area (Å²) in [5.41, 5.74) is 4.93. The van der Waals surface area contributed by atoms with E-state index in [1.54, 1.807) is 25.8 Å². The van der Waals surface area contributed by atoms with Gasteiger partial charge in [-0.05, 0) is 24.7 Å². The fourth-order valence-electron chi connectivity index (χ4n) is 1.28. The van der Waals surface area contributed by atoms with E-state index < -0.39 is 5.60 Å². The second kappa shape index (κ2) is 6.44. The molecule has 0 aliphatic heterocycles.